The Kier molecular flexibility index (Phi) is 5.00. The number of carboxylic acids is 1. The lowest BCUT2D eigenvalue weighted by Crippen LogP contribution is -2.49. The molecule has 0 amide bonds. The van der Waals surface area contributed by atoms with E-state index >= 15 is 0 Å². The molecule has 10 heteroatoms. The quantitative estimate of drug-likeness (QED) is 0.769. The molecule has 0 aromatic carbocycles. The molecule has 3 heterocycles. The summed E-state index contributed by atoms with van der Waals surface area (Å²) in [6.45, 7) is 5.41. The number of aromatic nitrogens is 4. The average molecular weight is 346 g/mol. The van der Waals surface area contributed by atoms with Gasteiger partial charge in [0, 0.05) is 25.8 Å². The molecule has 1 aliphatic heterocycles. The fourth-order valence-electron chi connectivity index (χ4n) is 2.57. The summed E-state index contributed by atoms with van der Waals surface area (Å²) < 4.78 is 5.36. The Morgan fingerprint density at radius 3 is 2.84 bits per heavy atom. The fourth-order valence-corrected chi connectivity index (χ4v) is 2.57. The Balaban J connectivity index is 1.94. The Bertz CT molecular complexity index is 818. The highest BCUT2D eigenvalue weighted by molar-refractivity contribution is 5.88. The zero-order valence-electron chi connectivity index (χ0n) is 13.7. The van der Waals surface area contributed by atoms with Gasteiger partial charge in [-0.05, 0) is 19.1 Å². The van der Waals surface area contributed by atoms with Crippen LogP contribution in [0.2, 0.25) is 0 Å². The molecule has 1 aliphatic rings. The second-order valence-corrected chi connectivity index (χ2v) is 5.32. The monoisotopic (exact) mass is 346 g/mol. The predicted molar refractivity (Wildman–Crippen MR) is 88.3 cm³/mol. The summed E-state index contributed by atoms with van der Waals surface area (Å²) in [4.78, 5) is 31.4. The van der Waals surface area contributed by atoms with Gasteiger partial charge in [0.1, 0.15) is 11.3 Å². The highest BCUT2D eigenvalue weighted by Gasteiger charge is 2.20. The molecule has 0 spiro atoms. The number of aromatic amines is 1. The van der Waals surface area contributed by atoms with Gasteiger partial charge in [-0.1, -0.05) is 0 Å². The number of hydrazine groups is 1. The predicted octanol–water partition coefficient (Wildman–Crippen LogP) is -0.00140. The van der Waals surface area contributed by atoms with Crippen molar-refractivity contribution in [1.82, 2.24) is 25.2 Å². The van der Waals surface area contributed by atoms with Crippen molar-refractivity contribution < 1.29 is 14.6 Å². The number of nitrogens with zero attached hydrogens (tertiary/aromatic N) is 5. The van der Waals surface area contributed by atoms with E-state index in [1.54, 1.807) is 12.3 Å². The standard InChI is InChI=1S/C15H18N6O4/c1-2-21(20-5-7-25-8-6-20)15-16-4-3-11(17-15)12-9-10(14(23)24)13(22)19-18-12/h3-4,9H,2,5-8H2,1H3,(H,19,22)(H,23,24). The van der Waals surface area contributed by atoms with Gasteiger partial charge in [0.25, 0.3) is 5.56 Å². The molecule has 2 N–H and O–H groups in total. The Labute approximate surface area is 143 Å². The highest BCUT2D eigenvalue weighted by Crippen LogP contribution is 2.18. The van der Waals surface area contributed by atoms with Gasteiger partial charge in [0.05, 0.1) is 18.9 Å². The summed E-state index contributed by atoms with van der Waals surface area (Å²) in [5.74, 6) is -0.838. The molecule has 0 radical (unpaired) electrons. The van der Waals surface area contributed by atoms with E-state index in [1.165, 1.54) is 6.07 Å². The lowest BCUT2D eigenvalue weighted by molar-refractivity contribution is 0.0314. The third kappa shape index (κ3) is 3.64. The van der Waals surface area contributed by atoms with E-state index in [0.29, 0.717) is 31.4 Å². The van der Waals surface area contributed by atoms with Crippen LogP contribution in [0.15, 0.2) is 23.1 Å². The average Bonchev–Trinajstić information content (AvgIpc) is 2.64. The number of nitrogens with one attached hydrogen (secondary N) is 1. The second kappa shape index (κ2) is 7.36. The molecule has 3 rings (SSSR count). The molecule has 0 atom stereocenters. The number of rotatable bonds is 5. The Hall–Kier alpha value is -2.85. The Morgan fingerprint density at radius 2 is 2.16 bits per heavy atom. The molecule has 2 aromatic rings. The van der Waals surface area contributed by atoms with Crippen LogP contribution in [-0.4, -0.2) is 69.1 Å². The summed E-state index contributed by atoms with van der Waals surface area (Å²) in [6, 6.07) is 2.82. The number of carbonyl (C=O) groups is 1. The van der Waals surface area contributed by atoms with Gasteiger partial charge in [-0.15, -0.1) is 0 Å². The second-order valence-electron chi connectivity index (χ2n) is 5.32. The number of hydrogen-bond acceptors (Lipinski definition) is 8. The molecular weight excluding hydrogens is 328 g/mol. The van der Waals surface area contributed by atoms with Crippen LogP contribution in [0.1, 0.15) is 17.3 Å². The number of morpholine rings is 1. The maximum absolute atomic E-state index is 11.5. The van der Waals surface area contributed by atoms with Crippen LogP contribution in [-0.2, 0) is 4.74 Å². The smallest absolute Gasteiger partial charge is 0.341 e. The van der Waals surface area contributed by atoms with E-state index in [9.17, 15) is 9.59 Å². The molecule has 2 aromatic heterocycles. The number of aromatic carboxylic acids is 1. The first-order chi connectivity index (χ1) is 12.1. The van der Waals surface area contributed by atoms with E-state index in [0.717, 1.165) is 13.1 Å². The number of hydrogen-bond donors (Lipinski definition) is 2. The zero-order chi connectivity index (χ0) is 17.8. The zero-order valence-corrected chi connectivity index (χ0v) is 13.7. The molecule has 132 valence electrons. The van der Waals surface area contributed by atoms with E-state index in [-0.39, 0.29) is 11.3 Å². The van der Waals surface area contributed by atoms with Gasteiger partial charge in [-0.25, -0.2) is 24.9 Å². The summed E-state index contributed by atoms with van der Waals surface area (Å²) in [6.07, 6.45) is 1.58. The van der Waals surface area contributed by atoms with Crippen molar-refractivity contribution in [3.63, 3.8) is 0 Å². The maximum Gasteiger partial charge on any atom is 0.341 e. The van der Waals surface area contributed by atoms with Crippen LogP contribution in [0, 0.1) is 0 Å². The minimum absolute atomic E-state index is 0.263. The minimum atomic E-state index is -1.32. The van der Waals surface area contributed by atoms with Gasteiger partial charge in [0.2, 0.25) is 5.95 Å². The molecule has 25 heavy (non-hydrogen) atoms. The van der Waals surface area contributed by atoms with Crippen LogP contribution in [0.4, 0.5) is 5.95 Å². The highest BCUT2D eigenvalue weighted by atomic mass is 16.5. The van der Waals surface area contributed by atoms with Gasteiger partial charge >= 0.3 is 5.97 Å². The summed E-state index contributed by atoms with van der Waals surface area (Å²) >= 11 is 0. The van der Waals surface area contributed by atoms with E-state index in [4.69, 9.17) is 9.84 Å². The Morgan fingerprint density at radius 1 is 1.40 bits per heavy atom. The van der Waals surface area contributed by atoms with Crippen LogP contribution in [0.5, 0.6) is 0 Å². The summed E-state index contributed by atoms with van der Waals surface area (Å²) in [7, 11) is 0. The van der Waals surface area contributed by atoms with Crippen molar-refractivity contribution >= 4 is 11.9 Å². The first-order valence-corrected chi connectivity index (χ1v) is 7.86. The number of ether oxygens (including phenoxy) is 1. The summed E-state index contributed by atoms with van der Waals surface area (Å²) in [5.41, 5.74) is -0.450. The van der Waals surface area contributed by atoms with Gasteiger partial charge in [-0.2, -0.15) is 5.10 Å². The summed E-state index contributed by atoms with van der Waals surface area (Å²) in [5, 5.41) is 19.2. The molecule has 0 saturated carbocycles. The number of H-pyrrole nitrogens is 1. The molecule has 10 nitrogen and oxygen atoms in total. The molecule has 1 saturated heterocycles. The first kappa shape index (κ1) is 17.0. The van der Waals surface area contributed by atoms with Crippen molar-refractivity contribution in [2.45, 2.75) is 6.92 Å². The van der Waals surface area contributed by atoms with Crippen LogP contribution in [0.3, 0.4) is 0 Å². The van der Waals surface area contributed by atoms with Crippen LogP contribution >= 0.6 is 0 Å². The first-order valence-electron chi connectivity index (χ1n) is 7.86. The van der Waals surface area contributed by atoms with Crippen LogP contribution in [0.25, 0.3) is 11.4 Å². The molecule has 0 aliphatic carbocycles. The molecule has 0 unspecified atom stereocenters. The molecule has 0 bridgehead atoms. The van der Waals surface area contributed by atoms with Crippen molar-refractivity contribution in [3.8, 4) is 11.4 Å². The maximum atomic E-state index is 11.5. The largest absolute Gasteiger partial charge is 0.477 e. The van der Waals surface area contributed by atoms with Gasteiger partial charge in [-0.3, -0.25) is 9.80 Å². The SMILES string of the molecule is CCN(c1nccc(-c2cc(C(=O)O)c(=O)[nH]n2)n1)N1CCOCC1. The third-order valence-electron chi connectivity index (χ3n) is 3.80. The van der Waals surface area contributed by atoms with Crippen molar-refractivity contribution in [2.75, 3.05) is 37.9 Å². The lowest BCUT2D eigenvalue weighted by atomic mass is 10.2. The van der Waals surface area contributed by atoms with Crippen molar-refractivity contribution in [3.05, 3.63) is 34.2 Å². The molecule has 1 fully saturated rings. The molecular formula is C15H18N6O4. The van der Waals surface area contributed by atoms with Crippen LogP contribution < -0.4 is 10.6 Å². The minimum Gasteiger partial charge on any atom is -0.477 e. The fraction of sp³-hybridized carbons (Fsp3) is 0.400. The van der Waals surface area contributed by atoms with E-state index < -0.39 is 11.5 Å². The van der Waals surface area contributed by atoms with Crippen molar-refractivity contribution in [1.29, 1.82) is 0 Å². The van der Waals surface area contributed by atoms with Gasteiger partial charge in [0.15, 0.2) is 0 Å². The lowest BCUT2D eigenvalue weighted by Gasteiger charge is -2.36. The van der Waals surface area contributed by atoms with Crippen molar-refractivity contribution in [2.24, 2.45) is 0 Å². The van der Waals surface area contributed by atoms with Gasteiger partial charge < -0.3 is 9.84 Å². The van der Waals surface area contributed by atoms with E-state index in [1.807, 2.05) is 11.9 Å². The third-order valence-corrected chi connectivity index (χ3v) is 3.80. The van der Waals surface area contributed by atoms with E-state index in [2.05, 4.69) is 25.2 Å². The topological polar surface area (TPSA) is 125 Å². The normalized spacial score (nSPS) is 15.1. The number of carboxylic acid groups (broad SMARTS) is 1. The number of anilines is 1.